The first-order valence-corrected chi connectivity index (χ1v) is 10.4. The summed E-state index contributed by atoms with van der Waals surface area (Å²) in [6, 6.07) is 18.4. The Kier molecular flexibility index (Phi) is 5.84. The lowest BCUT2D eigenvalue weighted by atomic mass is 9.84. The highest BCUT2D eigenvalue weighted by atomic mass is 35.5. The van der Waals surface area contributed by atoms with Crippen LogP contribution in [0.15, 0.2) is 65.1 Å². The number of likely N-dealkylation sites (tertiary alicyclic amines) is 1. The van der Waals surface area contributed by atoms with E-state index in [2.05, 4.69) is 0 Å². The second-order valence-electron chi connectivity index (χ2n) is 7.70. The molecule has 0 saturated carbocycles. The minimum Gasteiger partial charge on any atom is -0.486 e. The lowest BCUT2D eigenvalue weighted by molar-refractivity contribution is -0.0218. The number of aliphatic hydroxyl groups is 1. The number of carbonyl (C=O) groups excluding carboxylic acids is 1. The smallest absolute Gasteiger partial charge is 0.289 e. The van der Waals surface area contributed by atoms with Crippen molar-refractivity contribution in [3.05, 3.63) is 88.3 Å². The number of piperidine rings is 1. The molecule has 3 aromatic rings. The lowest BCUT2D eigenvalue weighted by Gasteiger charge is -2.38. The van der Waals surface area contributed by atoms with Gasteiger partial charge in [0.2, 0.25) is 0 Å². The summed E-state index contributed by atoms with van der Waals surface area (Å²) in [7, 11) is 0. The summed E-state index contributed by atoms with van der Waals surface area (Å²) in [5.74, 6) is 1.46. The number of carbonyl (C=O) groups is 1. The highest BCUT2D eigenvalue weighted by Gasteiger charge is 2.36. The monoisotopic (exact) mass is 425 g/mol. The van der Waals surface area contributed by atoms with E-state index in [0.29, 0.717) is 36.7 Å². The van der Waals surface area contributed by atoms with Gasteiger partial charge in [-0.05, 0) is 61.7 Å². The van der Waals surface area contributed by atoms with Crippen LogP contribution in [0.25, 0.3) is 0 Å². The van der Waals surface area contributed by atoms with Crippen LogP contribution in [0.2, 0.25) is 5.02 Å². The highest BCUT2D eigenvalue weighted by molar-refractivity contribution is 6.30. The van der Waals surface area contributed by atoms with E-state index in [9.17, 15) is 9.90 Å². The molecular weight excluding hydrogens is 402 g/mol. The summed E-state index contributed by atoms with van der Waals surface area (Å²) in [6.45, 7) is 3.18. The molecule has 156 valence electrons. The maximum Gasteiger partial charge on any atom is 0.289 e. The Morgan fingerprint density at radius 1 is 1.07 bits per heavy atom. The van der Waals surface area contributed by atoms with Crippen LogP contribution in [-0.2, 0) is 12.2 Å². The van der Waals surface area contributed by atoms with Gasteiger partial charge >= 0.3 is 0 Å². The molecule has 0 radical (unpaired) electrons. The van der Waals surface area contributed by atoms with Crippen LogP contribution in [-0.4, -0.2) is 29.0 Å². The van der Waals surface area contributed by atoms with Gasteiger partial charge in [-0.15, -0.1) is 0 Å². The molecule has 4 rings (SSSR count). The minimum absolute atomic E-state index is 0.172. The van der Waals surface area contributed by atoms with Crippen LogP contribution >= 0.6 is 11.6 Å². The van der Waals surface area contributed by atoms with Crippen molar-refractivity contribution in [1.29, 1.82) is 0 Å². The number of furan rings is 1. The van der Waals surface area contributed by atoms with Crippen molar-refractivity contribution in [2.24, 2.45) is 0 Å². The topological polar surface area (TPSA) is 62.9 Å². The van der Waals surface area contributed by atoms with Gasteiger partial charge in [0.05, 0.1) is 5.60 Å². The van der Waals surface area contributed by atoms with Gasteiger partial charge in [-0.25, -0.2) is 0 Å². The highest BCUT2D eigenvalue weighted by Crippen LogP contribution is 2.34. The van der Waals surface area contributed by atoms with E-state index in [1.165, 1.54) is 0 Å². The van der Waals surface area contributed by atoms with Gasteiger partial charge in [0.1, 0.15) is 18.1 Å². The molecule has 1 aliphatic rings. The van der Waals surface area contributed by atoms with Gasteiger partial charge < -0.3 is 19.2 Å². The molecule has 0 atom stereocenters. The largest absolute Gasteiger partial charge is 0.486 e. The summed E-state index contributed by atoms with van der Waals surface area (Å²) < 4.78 is 11.4. The van der Waals surface area contributed by atoms with E-state index < -0.39 is 5.60 Å². The van der Waals surface area contributed by atoms with Crippen molar-refractivity contribution < 1.29 is 19.1 Å². The normalized spacial score (nSPS) is 15.8. The maximum atomic E-state index is 12.8. The van der Waals surface area contributed by atoms with Crippen LogP contribution in [0.1, 0.15) is 40.3 Å². The number of hydrogen-bond acceptors (Lipinski definition) is 4. The zero-order valence-corrected chi connectivity index (χ0v) is 17.6. The Hall–Kier alpha value is -2.76. The SMILES string of the molecule is Cc1ccc(OCc2ccc(C(=O)N3CCC(O)(c4ccc(Cl)cc4)CC3)o2)cc1. The molecule has 30 heavy (non-hydrogen) atoms. The lowest BCUT2D eigenvalue weighted by Crippen LogP contribution is -2.45. The summed E-state index contributed by atoms with van der Waals surface area (Å²) in [5, 5.41) is 11.6. The van der Waals surface area contributed by atoms with Gasteiger partial charge in [-0.1, -0.05) is 41.4 Å². The van der Waals surface area contributed by atoms with Crippen LogP contribution < -0.4 is 4.74 Å². The molecule has 0 aliphatic carbocycles. The van der Waals surface area contributed by atoms with Crippen LogP contribution in [0.3, 0.4) is 0 Å². The fourth-order valence-corrected chi connectivity index (χ4v) is 3.77. The van der Waals surface area contributed by atoms with Gasteiger partial charge in [0, 0.05) is 18.1 Å². The summed E-state index contributed by atoms with van der Waals surface area (Å²) in [4.78, 5) is 14.5. The molecule has 0 bridgehead atoms. The Morgan fingerprint density at radius 3 is 2.40 bits per heavy atom. The second-order valence-corrected chi connectivity index (χ2v) is 8.13. The molecule has 1 aromatic heterocycles. The zero-order valence-electron chi connectivity index (χ0n) is 16.8. The fraction of sp³-hybridized carbons (Fsp3) is 0.292. The van der Waals surface area contributed by atoms with Crippen LogP contribution in [0.5, 0.6) is 5.75 Å². The third-order valence-corrected chi connectivity index (χ3v) is 5.79. The quantitative estimate of drug-likeness (QED) is 0.628. The molecular formula is C24H24ClNO4. The summed E-state index contributed by atoms with van der Waals surface area (Å²) in [5.41, 5.74) is 1.04. The van der Waals surface area contributed by atoms with E-state index in [4.69, 9.17) is 20.8 Å². The Balaban J connectivity index is 1.34. The van der Waals surface area contributed by atoms with Crippen molar-refractivity contribution in [1.82, 2.24) is 4.90 Å². The Bertz CT molecular complexity index is 1000. The molecule has 2 heterocycles. The molecule has 1 saturated heterocycles. The average molecular weight is 426 g/mol. The average Bonchev–Trinajstić information content (AvgIpc) is 3.23. The van der Waals surface area contributed by atoms with Gasteiger partial charge in [-0.3, -0.25) is 4.79 Å². The Labute approximate surface area is 180 Å². The molecule has 0 unspecified atom stereocenters. The number of nitrogens with zero attached hydrogens (tertiary/aromatic N) is 1. The van der Waals surface area contributed by atoms with E-state index in [1.807, 2.05) is 43.3 Å². The van der Waals surface area contributed by atoms with Gasteiger partial charge in [-0.2, -0.15) is 0 Å². The standard InChI is InChI=1S/C24H24ClNO4/c1-17-2-8-20(9-3-17)29-16-21-10-11-22(30-21)23(27)26-14-12-24(28,13-15-26)18-4-6-19(25)7-5-18/h2-11,28H,12-16H2,1H3. The van der Waals surface area contributed by atoms with E-state index in [-0.39, 0.29) is 18.3 Å². The van der Waals surface area contributed by atoms with Crippen LogP contribution in [0.4, 0.5) is 0 Å². The number of aryl methyl sites for hydroxylation is 1. The van der Waals surface area contributed by atoms with Crippen molar-refractivity contribution in [2.75, 3.05) is 13.1 Å². The Morgan fingerprint density at radius 2 is 1.73 bits per heavy atom. The van der Waals surface area contributed by atoms with Gasteiger partial charge in [0.15, 0.2) is 5.76 Å². The third-order valence-electron chi connectivity index (χ3n) is 5.53. The molecule has 5 nitrogen and oxygen atoms in total. The van der Waals surface area contributed by atoms with Crippen LogP contribution in [0, 0.1) is 6.92 Å². The van der Waals surface area contributed by atoms with Gasteiger partial charge in [0.25, 0.3) is 5.91 Å². The number of ether oxygens (including phenoxy) is 1. The fourth-order valence-electron chi connectivity index (χ4n) is 3.64. The van der Waals surface area contributed by atoms with E-state index in [1.54, 1.807) is 29.2 Å². The number of rotatable bonds is 5. The van der Waals surface area contributed by atoms with Crippen molar-refractivity contribution in [3.8, 4) is 5.75 Å². The maximum absolute atomic E-state index is 12.8. The summed E-state index contributed by atoms with van der Waals surface area (Å²) >= 11 is 5.94. The van der Waals surface area contributed by atoms with Crippen molar-refractivity contribution in [2.45, 2.75) is 32.0 Å². The van der Waals surface area contributed by atoms with E-state index in [0.717, 1.165) is 16.9 Å². The second kappa shape index (κ2) is 8.54. The number of benzene rings is 2. The minimum atomic E-state index is -0.947. The molecule has 2 aromatic carbocycles. The molecule has 1 amide bonds. The predicted molar refractivity (Wildman–Crippen MR) is 115 cm³/mol. The zero-order chi connectivity index (χ0) is 21.1. The number of halogens is 1. The molecule has 1 fully saturated rings. The number of amides is 1. The predicted octanol–water partition coefficient (Wildman–Crippen LogP) is 4.94. The number of hydrogen-bond donors (Lipinski definition) is 1. The third kappa shape index (κ3) is 4.53. The first kappa shape index (κ1) is 20.5. The summed E-state index contributed by atoms with van der Waals surface area (Å²) in [6.07, 6.45) is 0.926. The van der Waals surface area contributed by atoms with Crippen molar-refractivity contribution in [3.63, 3.8) is 0 Å². The molecule has 6 heteroatoms. The first-order valence-electron chi connectivity index (χ1n) is 9.99. The molecule has 1 aliphatic heterocycles. The first-order chi connectivity index (χ1) is 14.4. The van der Waals surface area contributed by atoms with E-state index >= 15 is 0 Å². The van der Waals surface area contributed by atoms with Crippen molar-refractivity contribution >= 4 is 17.5 Å². The molecule has 1 N–H and O–H groups in total. The molecule has 0 spiro atoms.